The van der Waals surface area contributed by atoms with E-state index in [1.165, 1.54) is 0 Å². The van der Waals surface area contributed by atoms with E-state index >= 15 is 0 Å². The van der Waals surface area contributed by atoms with Gasteiger partial charge in [0.15, 0.2) is 5.43 Å². The zero-order valence-corrected chi connectivity index (χ0v) is 10.9. The zero-order chi connectivity index (χ0) is 14.2. The van der Waals surface area contributed by atoms with E-state index < -0.39 is 12.0 Å². The molecule has 1 heterocycles. The van der Waals surface area contributed by atoms with Gasteiger partial charge in [-0.05, 0) is 25.5 Å². The SMILES string of the molecule is CCC(C(=O)O)n1cc(C)c(=O)c2c(N)cccc21. The van der Waals surface area contributed by atoms with Gasteiger partial charge in [-0.1, -0.05) is 13.0 Å². The molecule has 0 aliphatic heterocycles. The molecule has 0 fully saturated rings. The monoisotopic (exact) mass is 260 g/mol. The number of aliphatic carboxylic acids is 1. The normalized spacial score (nSPS) is 12.5. The minimum absolute atomic E-state index is 0.149. The Balaban J connectivity index is 2.90. The first-order valence-electron chi connectivity index (χ1n) is 6.10. The Morgan fingerprint density at radius 3 is 2.74 bits per heavy atom. The van der Waals surface area contributed by atoms with E-state index in [2.05, 4.69) is 0 Å². The van der Waals surface area contributed by atoms with Gasteiger partial charge < -0.3 is 15.4 Å². The predicted octanol–water partition coefficient (Wildman–Crippen LogP) is 1.93. The number of fused-ring (bicyclic) bond motifs is 1. The number of aryl methyl sites for hydroxylation is 1. The number of nitrogen functional groups attached to an aromatic ring is 1. The second kappa shape index (κ2) is 4.76. The van der Waals surface area contributed by atoms with Crippen LogP contribution in [0.4, 0.5) is 5.69 Å². The third-order valence-corrected chi connectivity index (χ3v) is 3.28. The molecule has 1 atom stereocenters. The molecule has 0 saturated carbocycles. The molecule has 19 heavy (non-hydrogen) atoms. The molecule has 0 saturated heterocycles. The lowest BCUT2D eigenvalue weighted by molar-refractivity contribution is -0.140. The summed E-state index contributed by atoms with van der Waals surface area (Å²) in [6.07, 6.45) is 2.02. The van der Waals surface area contributed by atoms with Crippen LogP contribution in [0.2, 0.25) is 0 Å². The highest BCUT2D eigenvalue weighted by Crippen LogP contribution is 2.23. The van der Waals surface area contributed by atoms with Crippen molar-refractivity contribution in [1.29, 1.82) is 0 Å². The van der Waals surface area contributed by atoms with Crippen LogP contribution in [0.5, 0.6) is 0 Å². The molecule has 0 spiro atoms. The molecule has 0 amide bonds. The fraction of sp³-hybridized carbons (Fsp3) is 0.286. The van der Waals surface area contributed by atoms with Gasteiger partial charge in [0.05, 0.1) is 10.9 Å². The number of hydrogen-bond acceptors (Lipinski definition) is 3. The van der Waals surface area contributed by atoms with Crippen molar-refractivity contribution in [2.75, 3.05) is 5.73 Å². The summed E-state index contributed by atoms with van der Waals surface area (Å²) in [5.41, 5.74) is 7.13. The molecule has 5 heteroatoms. The fourth-order valence-corrected chi connectivity index (χ4v) is 2.30. The van der Waals surface area contributed by atoms with Gasteiger partial charge >= 0.3 is 5.97 Å². The van der Waals surface area contributed by atoms with E-state index in [9.17, 15) is 14.7 Å². The van der Waals surface area contributed by atoms with E-state index in [1.807, 2.05) is 0 Å². The maximum atomic E-state index is 12.1. The van der Waals surface area contributed by atoms with E-state index in [4.69, 9.17) is 5.73 Å². The number of benzene rings is 1. The van der Waals surface area contributed by atoms with Crippen molar-refractivity contribution >= 4 is 22.6 Å². The highest BCUT2D eigenvalue weighted by atomic mass is 16.4. The van der Waals surface area contributed by atoms with Crippen LogP contribution in [0.15, 0.2) is 29.2 Å². The summed E-state index contributed by atoms with van der Waals surface area (Å²) in [6, 6.07) is 4.38. The number of carboxylic acids is 1. The molecule has 2 aromatic rings. The number of carbonyl (C=O) groups is 1. The molecule has 100 valence electrons. The standard InChI is InChI=1S/C14H16N2O3/c1-3-10(14(18)19)16-7-8(2)13(17)12-9(15)5-4-6-11(12)16/h4-7,10H,3,15H2,1-2H3,(H,18,19). The number of carboxylic acid groups (broad SMARTS) is 1. The zero-order valence-electron chi connectivity index (χ0n) is 10.9. The Kier molecular flexibility index (Phi) is 3.29. The quantitative estimate of drug-likeness (QED) is 0.826. The maximum Gasteiger partial charge on any atom is 0.326 e. The van der Waals surface area contributed by atoms with Crippen LogP contribution in [-0.4, -0.2) is 15.6 Å². The minimum atomic E-state index is -0.922. The molecule has 3 N–H and O–H groups in total. The molecule has 1 unspecified atom stereocenters. The first-order chi connectivity index (χ1) is 8.97. The lowest BCUT2D eigenvalue weighted by Crippen LogP contribution is -2.22. The number of anilines is 1. The van der Waals surface area contributed by atoms with Gasteiger partial charge in [0, 0.05) is 17.4 Å². The number of nitrogens with zero attached hydrogens (tertiary/aromatic N) is 1. The molecule has 0 bridgehead atoms. The Bertz CT molecular complexity index is 704. The number of rotatable bonds is 3. The van der Waals surface area contributed by atoms with Crippen molar-refractivity contribution in [3.05, 3.63) is 40.2 Å². The summed E-state index contributed by atoms with van der Waals surface area (Å²) >= 11 is 0. The van der Waals surface area contributed by atoms with Crippen molar-refractivity contribution in [2.45, 2.75) is 26.3 Å². The summed E-state index contributed by atoms with van der Waals surface area (Å²) in [5.74, 6) is -0.922. The van der Waals surface area contributed by atoms with Gasteiger partial charge in [-0.15, -0.1) is 0 Å². The number of nitrogens with two attached hydrogens (primary N) is 1. The first-order valence-corrected chi connectivity index (χ1v) is 6.10. The van der Waals surface area contributed by atoms with Gasteiger partial charge in [0.25, 0.3) is 0 Å². The molecule has 5 nitrogen and oxygen atoms in total. The third kappa shape index (κ3) is 2.07. The third-order valence-electron chi connectivity index (χ3n) is 3.28. The minimum Gasteiger partial charge on any atom is -0.480 e. The summed E-state index contributed by atoms with van der Waals surface area (Å²) < 4.78 is 1.62. The molecular formula is C14H16N2O3. The van der Waals surface area contributed by atoms with Crippen molar-refractivity contribution in [3.63, 3.8) is 0 Å². The Morgan fingerprint density at radius 2 is 2.16 bits per heavy atom. The van der Waals surface area contributed by atoms with E-state index in [0.717, 1.165) is 0 Å². The smallest absolute Gasteiger partial charge is 0.326 e. The predicted molar refractivity (Wildman–Crippen MR) is 74.3 cm³/mol. The van der Waals surface area contributed by atoms with Crippen molar-refractivity contribution in [2.24, 2.45) is 0 Å². The lowest BCUT2D eigenvalue weighted by Gasteiger charge is -2.19. The second-order valence-corrected chi connectivity index (χ2v) is 4.55. The number of pyridine rings is 1. The Hall–Kier alpha value is -2.30. The second-order valence-electron chi connectivity index (χ2n) is 4.55. The molecule has 0 aliphatic rings. The summed E-state index contributed by atoms with van der Waals surface area (Å²) in [4.78, 5) is 23.5. The molecular weight excluding hydrogens is 244 g/mol. The number of aromatic nitrogens is 1. The van der Waals surface area contributed by atoms with Crippen LogP contribution < -0.4 is 11.2 Å². The average molecular weight is 260 g/mol. The maximum absolute atomic E-state index is 12.1. The first kappa shape index (κ1) is 13.1. The van der Waals surface area contributed by atoms with Crippen LogP contribution in [0.1, 0.15) is 24.9 Å². The molecule has 1 aromatic heterocycles. The van der Waals surface area contributed by atoms with Crippen molar-refractivity contribution in [3.8, 4) is 0 Å². The highest BCUT2D eigenvalue weighted by Gasteiger charge is 2.20. The topological polar surface area (TPSA) is 85.3 Å². The van der Waals surface area contributed by atoms with Crippen LogP contribution in [-0.2, 0) is 4.79 Å². The molecule has 1 aromatic carbocycles. The molecule has 0 aliphatic carbocycles. The Labute approximate surface area is 110 Å². The Morgan fingerprint density at radius 1 is 1.47 bits per heavy atom. The van der Waals surface area contributed by atoms with Crippen LogP contribution >= 0.6 is 0 Å². The largest absolute Gasteiger partial charge is 0.480 e. The van der Waals surface area contributed by atoms with Gasteiger partial charge in [-0.3, -0.25) is 4.79 Å². The van der Waals surface area contributed by atoms with Crippen LogP contribution in [0.3, 0.4) is 0 Å². The molecule has 0 radical (unpaired) electrons. The van der Waals surface area contributed by atoms with Crippen molar-refractivity contribution < 1.29 is 9.90 Å². The van der Waals surface area contributed by atoms with Gasteiger partial charge in [-0.2, -0.15) is 0 Å². The van der Waals surface area contributed by atoms with Gasteiger partial charge in [0.2, 0.25) is 0 Å². The van der Waals surface area contributed by atoms with Crippen LogP contribution in [0.25, 0.3) is 10.9 Å². The summed E-state index contributed by atoms with van der Waals surface area (Å²) in [7, 11) is 0. The van der Waals surface area contributed by atoms with Crippen LogP contribution in [0, 0.1) is 6.92 Å². The van der Waals surface area contributed by atoms with E-state index in [-0.39, 0.29) is 5.43 Å². The fourth-order valence-electron chi connectivity index (χ4n) is 2.30. The summed E-state index contributed by atoms with van der Waals surface area (Å²) in [5, 5.41) is 9.68. The average Bonchev–Trinajstić information content (AvgIpc) is 2.35. The summed E-state index contributed by atoms with van der Waals surface area (Å²) in [6.45, 7) is 3.46. The van der Waals surface area contributed by atoms with E-state index in [1.54, 1.807) is 42.8 Å². The number of hydrogen-bond donors (Lipinski definition) is 2. The highest BCUT2D eigenvalue weighted by molar-refractivity contribution is 5.91. The van der Waals surface area contributed by atoms with Crippen molar-refractivity contribution in [1.82, 2.24) is 4.57 Å². The lowest BCUT2D eigenvalue weighted by atomic mass is 10.1. The molecule has 2 rings (SSSR count). The van der Waals surface area contributed by atoms with Gasteiger partial charge in [0.1, 0.15) is 6.04 Å². The van der Waals surface area contributed by atoms with Gasteiger partial charge in [-0.25, -0.2) is 4.79 Å². The van der Waals surface area contributed by atoms with E-state index in [0.29, 0.717) is 28.6 Å².